The molecule has 5 nitrogen and oxygen atoms in total. The van der Waals surface area contributed by atoms with E-state index in [1.54, 1.807) is 0 Å². The second-order valence-electron chi connectivity index (χ2n) is 7.30. The van der Waals surface area contributed by atoms with Crippen molar-refractivity contribution in [2.75, 3.05) is 23.1 Å². The van der Waals surface area contributed by atoms with Gasteiger partial charge >= 0.3 is 0 Å². The third kappa shape index (κ3) is 4.43. The fourth-order valence-corrected chi connectivity index (χ4v) is 5.19. The quantitative estimate of drug-likeness (QED) is 0.652. The SMILES string of the molecule is O=C(CCc1ccc2ccccc2c1)NCCS(=O)(=O)N1CCc2ccccc21. The smallest absolute Gasteiger partial charge is 0.236 e. The Balaban J connectivity index is 1.27. The number of para-hydroxylation sites is 1. The molecule has 0 saturated carbocycles. The van der Waals surface area contributed by atoms with Crippen LogP contribution < -0.4 is 9.62 Å². The van der Waals surface area contributed by atoms with E-state index in [2.05, 4.69) is 29.6 Å². The zero-order valence-corrected chi connectivity index (χ0v) is 17.0. The zero-order chi connectivity index (χ0) is 20.3. The fraction of sp³-hybridized carbons (Fsp3) is 0.261. The van der Waals surface area contributed by atoms with Gasteiger partial charge in [0.1, 0.15) is 0 Å². The number of anilines is 1. The van der Waals surface area contributed by atoms with Crippen LogP contribution in [0.5, 0.6) is 0 Å². The Morgan fingerprint density at radius 2 is 1.72 bits per heavy atom. The van der Waals surface area contributed by atoms with Crippen molar-refractivity contribution in [2.45, 2.75) is 19.3 Å². The van der Waals surface area contributed by atoms with Crippen molar-refractivity contribution in [1.29, 1.82) is 0 Å². The summed E-state index contributed by atoms with van der Waals surface area (Å²) in [6.07, 6.45) is 1.70. The van der Waals surface area contributed by atoms with Crippen LogP contribution >= 0.6 is 0 Å². The molecule has 1 heterocycles. The number of carbonyl (C=O) groups is 1. The highest BCUT2D eigenvalue weighted by molar-refractivity contribution is 7.92. The van der Waals surface area contributed by atoms with Crippen molar-refractivity contribution in [3.8, 4) is 0 Å². The Morgan fingerprint density at radius 3 is 2.59 bits per heavy atom. The molecule has 1 aliphatic rings. The lowest BCUT2D eigenvalue weighted by Gasteiger charge is -2.19. The van der Waals surface area contributed by atoms with Crippen LogP contribution in [0.25, 0.3) is 10.8 Å². The van der Waals surface area contributed by atoms with E-state index in [1.807, 2.05) is 42.5 Å². The molecule has 0 radical (unpaired) electrons. The molecule has 1 amide bonds. The molecule has 0 fully saturated rings. The number of sulfonamides is 1. The molecule has 1 aliphatic heterocycles. The van der Waals surface area contributed by atoms with Crippen molar-refractivity contribution in [3.63, 3.8) is 0 Å². The molecule has 1 N–H and O–H groups in total. The summed E-state index contributed by atoms with van der Waals surface area (Å²) in [5.74, 6) is -0.224. The molecule has 0 saturated heterocycles. The topological polar surface area (TPSA) is 66.5 Å². The van der Waals surface area contributed by atoms with Crippen LogP contribution in [0.4, 0.5) is 5.69 Å². The molecular formula is C23H24N2O3S. The van der Waals surface area contributed by atoms with Gasteiger partial charge in [0.15, 0.2) is 0 Å². The summed E-state index contributed by atoms with van der Waals surface area (Å²) < 4.78 is 26.8. The van der Waals surface area contributed by atoms with Crippen molar-refractivity contribution in [1.82, 2.24) is 5.32 Å². The number of nitrogens with one attached hydrogen (secondary N) is 1. The van der Waals surface area contributed by atoms with Crippen molar-refractivity contribution < 1.29 is 13.2 Å². The number of nitrogens with zero attached hydrogens (tertiary/aromatic N) is 1. The first-order valence-corrected chi connectivity index (χ1v) is 11.5. The maximum absolute atomic E-state index is 12.7. The summed E-state index contributed by atoms with van der Waals surface area (Å²) in [6, 6.07) is 21.9. The van der Waals surface area contributed by atoms with Crippen LogP contribution in [-0.4, -0.2) is 33.2 Å². The Bertz CT molecular complexity index is 1140. The largest absolute Gasteiger partial charge is 0.355 e. The van der Waals surface area contributed by atoms with E-state index in [0.717, 1.165) is 28.6 Å². The zero-order valence-electron chi connectivity index (χ0n) is 16.2. The van der Waals surface area contributed by atoms with Crippen molar-refractivity contribution in [2.24, 2.45) is 0 Å². The lowest BCUT2D eigenvalue weighted by atomic mass is 10.0. The molecule has 3 aromatic rings. The normalized spacial score (nSPS) is 13.4. The van der Waals surface area contributed by atoms with Gasteiger partial charge in [-0.2, -0.15) is 0 Å². The molecule has 0 unspecified atom stereocenters. The lowest BCUT2D eigenvalue weighted by Crippen LogP contribution is -2.37. The highest BCUT2D eigenvalue weighted by atomic mass is 32.2. The number of hydrogen-bond donors (Lipinski definition) is 1. The molecule has 29 heavy (non-hydrogen) atoms. The second-order valence-corrected chi connectivity index (χ2v) is 9.31. The van der Waals surface area contributed by atoms with Gasteiger partial charge in [-0.05, 0) is 40.8 Å². The van der Waals surface area contributed by atoms with Gasteiger partial charge in [-0.25, -0.2) is 8.42 Å². The van der Waals surface area contributed by atoms with E-state index in [9.17, 15) is 13.2 Å². The second kappa shape index (κ2) is 8.25. The molecule has 0 aliphatic carbocycles. The standard InChI is InChI=1S/C23H24N2O3S/c26-23(12-10-18-9-11-19-5-1-2-7-21(19)17-18)24-14-16-29(27,28)25-15-13-20-6-3-4-8-22(20)25/h1-9,11,17H,10,12-16H2,(H,24,26). The van der Waals surface area contributed by atoms with Gasteiger partial charge in [-0.15, -0.1) is 0 Å². The van der Waals surface area contributed by atoms with E-state index >= 15 is 0 Å². The number of hydrogen-bond acceptors (Lipinski definition) is 3. The molecule has 4 rings (SSSR count). The van der Waals surface area contributed by atoms with Crippen LogP contribution in [0, 0.1) is 0 Å². The monoisotopic (exact) mass is 408 g/mol. The number of aryl methyl sites for hydroxylation is 1. The van der Waals surface area contributed by atoms with E-state index in [4.69, 9.17) is 0 Å². The molecule has 0 spiro atoms. The molecule has 0 bridgehead atoms. The molecule has 150 valence electrons. The third-order valence-electron chi connectivity index (χ3n) is 5.32. The Labute approximate surface area is 171 Å². The van der Waals surface area contributed by atoms with Gasteiger partial charge in [-0.3, -0.25) is 9.10 Å². The van der Waals surface area contributed by atoms with Gasteiger partial charge in [0, 0.05) is 19.5 Å². The summed E-state index contributed by atoms with van der Waals surface area (Å²) >= 11 is 0. The maximum Gasteiger partial charge on any atom is 0.236 e. The molecule has 3 aromatic carbocycles. The third-order valence-corrected chi connectivity index (χ3v) is 7.09. The first-order valence-electron chi connectivity index (χ1n) is 9.86. The predicted molar refractivity (Wildman–Crippen MR) is 117 cm³/mol. The number of carbonyl (C=O) groups excluding carboxylic acids is 1. The summed E-state index contributed by atoms with van der Waals surface area (Å²) in [5, 5.41) is 5.08. The average Bonchev–Trinajstić information content (AvgIpc) is 3.17. The van der Waals surface area contributed by atoms with Crippen molar-refractivity contribution >= 4 is 32.4 Å². The molecule has 6 heteroatoms. The van der Waals surface area contributed by atoms with E-state index in [1.165, 1.54) is 9.69 Å². The van der Waals surface area contributed by atoms with E-state index in [-0.39, 0.29) is 18.2 Å². The van der Waals surface area contributed by atoms with Crippen LogP contribution in [0.1, 0.15) is 17.5 Å². The molecule has 0 aromatic heterocycles. The Hall–Kier alpha value is -2.86. The average molecular weight is 409 g/mol. The van der Waals surface area contributed by atoms with Gasteiger partial charge in [0.2, 0.25) is 15.9 Å². The van der Waals surface area contributed by atoms with Crippen LogP contribution in [0.3, 0.4) is 0 Å². The summed E-state index contributed by atoms with van der Waals surface area (Å²) in [4.78, 5) is 12.2. The first-order chi connectivity index (χ1) is 14.0. The molecule has 0 atom stereocenters. The minimum Gasteiger partial charge on any atom is -0.355 e. The number of benzene rings is 3. The van der Waals surface area contributed by atoms with E-state index < -0.39 is 10.0 Å². The number of fused-ring (bicyclic) bond motifs is 2. The number of amides is 1. The Kier molecular flexibility index (Phi) is 5.53. The summed E-state index contributed by atoms with van der Waals surface area (Å²) in [6.45, 7) is 0.592. The Morgan fingerprint density at radius 1 is 0.966 bits per heavy atom. The van der Waals surface area contributed by atoms with Gasteiger partial charge < -0.3 is 5.32 Å². The van der Waals surface area contributed by atoms with Gasteiger partial charge in [-0.1, -0.05) is 60.7 Å². The summed E-state index contributed by atoms with van der Waals surface area (Å²) in [5.41, 5.74) is 2.91. The fourth-order valence-electron chi connectivity index (χ4n) is 3.77. The molecular weight excluding hydrogens is 384 g/mol. The van der Waals surface area contributed by atoms with Crippen LogP contribution in [0.2, 0.25) is 0 Å². The van der Waals surface area contributed by atoms with Gasteiger partial charge in [0.25, 0.3) is 0 Å². The maximum atomic E-state index is 12.7. The lowest BCUT2D eigenvalue weighted by molar-refractivity contribution is -0.120. The minimum absolute atomic E-state index is 0.0942. The van der Waals surface area contributed by atoms with Gasteiger partial charge in [0.05, 0.1) is 11.4 Å². The summed E-state index contributed by atoms with van der Waals surface area (Å²) in [7, 11) is -3.44. The van der Waals surface area contributed by atoms with E-state index in [0.29, 0.717) is 19.4 Å². The minimum atomic E-state index is -3.44. The number of rotatable bonds is 7. The van der Waals surface area contributed by atoms with Crippen LogP contribution in [0.15, 0.2) is 66.7 Å². The predicted octanol–water partition coefficient (Wildman–Crippen LogP) is 3.28. The van der Waals surface area contributed by atoms with Crippen molar-refractivity contribution in [3.05, 3.63) is 77.9 Å². The highest BCUT2D eigenvalue weighted by Gasteiger charge is 2.28. The first kappa shape index (κ1) is 19.5. The highest BCUT2D eigenvalue weighted by Crippen LogP contribution is 2.29. The van der Waals surface area contributed by atoms with Crippen LogP contribution in [-0.2, 0) is 27.7 Å².